The van der Waals surface area contributed by atoms with Crippen LogP contribution in [0.1, 0.15) is 46.0 Å². The van der Waals surface area contributed by atoms with Gasteiger partial charge in [-0.1, -0.05) is 29.8 Å². The van der Waals surface area contributed by atoms with E-state index in [0.717, 1.165) is 18.2 Å². The minimum Gasteiger partial charge on any atom is -0.388 e. The smallest absolute Gasteiger partial charge is 0.220 e. The van der Waals surface area contributed by atoms with Crippen molar-refractivity contribution in [2.24, 2.45) is 0 Å². The van der Waals surface area contributed by atoms with Crippen LogP contribution >= 0.6 is 15.9 Å². The number of alkyl halides is 1. The van der Waals surface area contributed by atoms with Gasteiger partial charge in [0.1, 0.15) is 0 Å². The highest BCUT2D eigenvalue weighted by Gasteiger charge is 2.22. The molecule has 0 radical (unpaired) electrons. The summed E-state index contributed by atoms with van der Waals surface area (Å²) < 4.78 is 0. The summed E-state index contributed by atoms with van der Waals surface area (Å²) in [6, 6.07) is 0. The minimum atomic E-state index is -0.731. The van der Waals surface area contributed by atoms with Crippen molar-refractivity contribution in [1.29, 1.82) is 0 Å². The van der Waals surface area contributed by atoms with Gasteiger partial charge in [0.2, 0.25) is 5.91 Å². The molecule has 0 aromatic rings. The topological polar surface area (TPSA) is 49.3 Å². The molecule has 0 spiro atoms. The van der Waals surface area contributed by atoms with E-state index < -0.39 is 5.60 Å². The van der Waals surface area contributed by atoms with Gasteiger partial charge in [-0.25, -0.2) is 0 Å². The lowest BCUT2D eigenvalue weighted by atomic mass is 9.97. The Bertz CT molecular complexity index is 181. The van der Waals surface area contributed by atoms with Crippen LogP contribution in [-0.2, 0) is 4.79 Å². The minimum absolute atomic E-state index is 0.0382. The number of rotatable bonds is 8. The largest absolute Gasteiger partial charge is 0.388 e. The number of carbonyl (C=O) groups excluding carboxylic acids is 1. The molecule has 4 heteroatoms. The number of amides is 1. The summed E-state index contributed by atoms with van der Waals surface area (Å²) in [6.07, 6.45) is 3.80. The highest BCUT2D eigenvalue weighted by Crippen LogP contribution is 2.12. The van der Waals surface area contributed by atoms with Crippen LogP contribution in [0.4, 0.5) is 0 Å². The van der Waals surface area contributed by atoms with Crippen molar-refractivity contribution in [3.05, 3.63) is 0 Å². The molecule has 0 saturated heterocycles. The third-order valence-electron chi connectivity index (χ3n) is 2.72. The maximum Gasteiger partial charge on any atom is 0.220 e. The number of halogens is 1. The first kappa shape index (κ1) is 14.9. The van der Waals surface area contributed by atoms with E-state index >= 15 is 0 Å². The first-order chi connectivity index (χ1) is 7.08. The van der Waals surface area contributed by atoms with Gasteiger partial charge in [-0.2, -0.15) is 0 Å². The van der Waals surface area contributed by atoms with E-state index in [1.165, 1.54) is 0 Å². The molecule has 0 saturated carbocycles. The third-order valence-corrected chi connectivity index (χ3v) is 3.28. The summed E-state index contributed by atoms with van der Waals surface area (Å²) in [5.74, 6) is 0.0382. The lowest BCUT2D eigenvalue weighted by Crippen LogP contribution is -2.41. The molecule has 0 unspecified atom stereocenters. The summed E-state index contributed by atoms with van der Waals surface area (Å²) in [5, 5.41) is 13.6. The van der Waals surface area contributed by atoms with Gasteiger partial charge in [0.15, 0.2) is 0 Å². The average molecular weight is 280 g/mol. The van der Waals surface area contributed by atoms with Crippen LogP contribution in [-0.4, -0.2) is 28.5 Å². The summed E-state index contributed by atoms with van der Waals surface area (Å²) in [5.41, 5.74) is -0.731. The number of unbranched alkanes of at least 4 members (excludes halogenated alkanes) is 1. The molecular weight excluding hydrogens is 258 g/mol. The van der Waals surface area contributed by atoms with Gasteiger partial charge in [0, 0.05) is 18.3 Å². The molecular formula is C11H22BrNO2. The number of hydrogen-bond acceptors (Lipinski definition) is 2. The molecule has 0 aliphatic carbocycles. The van der Waals surface area contributed by atoms with Crippen molar-refractivity contribution >= 4 is 21.8 Å². The van der Waals surface area contributed by atoms with Crippen molar-refractivity contribution in [3.63, 3.8) is 0 Å². The van der Waals surface area contributed by atoms with Gasteiger partial charge in [-0.05, 0) is 25.7 Å². The van der Waals surface area contributed by atoms with Crippen molar-refractivity contribution in [2.45, 2.75) is 51.6 Å². The number of aliphatic hydroxyl groups is 1. The van der Waals surface area contributed by atoms with Gasteiger partial charge in [-0.15, -0.1) is 0 Å². The number of hydrogen-bond donors (Lipinski definition) is 2. The summed E-state index contributed by atoms with van der Waals surface area (Å²) in [7, 11) is 0. The predicted octanol–water partition coefficient (Wildman–Crippen LogP) is 2.22. The lowest BCUT2D eigenvalue weighted by molar-refractivity contribution is -0.122. The van der Waals surface area contributed by atoms with Gasteiger partial charge < -0.3 is 10.4 Å². The highest BCUT2D eigenvalue weighted by atomic mass is 79.9. The van der Waals surface area contributed by atoms with Gasteiger partial charge >= 0.3 is 0 Å². The van der Waals surface area contributed by atoms with Crippen LogP contribution < -0.4 is 5.32 Å². The molecule has 0 aliphatic heterocycles. The number of nitrogens with one attached hydrogen (secondary N) is 1. The molecule has 15 heavy (non-hydrogen) atoms. The third kappa shape index (κ3) is 6.90. The van der Waals surface area contributed by atoms with E-state index in [-0.39, 0.29) is 5.91 Å². The van der Waals surface area contributed by atoms with E-state index in [0.29, 0.717) is 25.8 Å². The van der Waals surface area contributed by atoms with E-state index in [1.54, 1.807) is 0 Å². The molecule has 1 amide bonds. The van der Waals surface area contributed by atoms with Crippen LogP contribution in [0.15, 0.2) is 0 Å². The van der Waals surface area contributed by atoms with Gasteiger partial charge in [0.25, 0.3) is 0 Å². The molecule has 0 heterocycles. The Morgan fingerprint density at radius 1 is 1.33 bits per heavy atom. The van der Waals surface area contributed by atoms with Crippen molar-refractivity contribution in [3.8, 4) is 0 Å². The summed E-state index contributed by atoms with van der Waals surface area (Å²) >= 11 is 3.32. The van der Waals surface area contributed by atoms with Crippen LogP contribution in [0.25, 0.3) is 0 Å². The Labute approximate surface area is 101 Å². The maximum atomic E-state index is 11.4. The maximum absolute atomic E-state index is 11.4. The Hall–Kier alpha value is -0.0900. The second-order valence-corrected chi connectivity index (χ2v) is 4.65. The zero-order valence-electron chi connectivity index (χ0n) is 9.68. The normalized spacial score (nSPS) is 11.5. The summed E-state index contributed by atoms with van der Waals surface area (Å²) in [6.45, 7) is 4.23. The van der Waals surface area contributed by atoms with Gasteiger partial charge in [-0.3, -0.25) is 4.79 Å². The molecule has 0 fully saturated rings. The van der Waals surface area contributed by atoms with E-state index in [4.69, 9.17) is 0 Å². The van der Waals surface area contributed by atoms with Crippen molar-refractivity contribution < 1.29 is 9.90 Å². The summed E-state index contributed by atoms with van der Waals surface area (Å²) in [4.78, 5) is 11.4. The quantitative estimate of drug-likeness (QED) is 0.529. The van der Waals surface area contributed by atoms with Gasteiger partial charge in [0.05, 0.1) is 5.60 Å². The molecule has 0 rings (SSSR count). The molecule has 0 aromatic carbocycles. The fraction of sp³-hybridized carbons (Fsp3) is 0.909. The molecule has 90 valence electrons. The first-order valence-corrected chi connectivity index (χ1v) is 6.75. The van der Waals surface area contributed by atoms with Crippen LogP contribution in [0, 0.1) is 0 Å². The Morgan fingerprint density at radius 2 is 1.93 bits per heavy atom. The second-order valence-electron chi connectivity index (χ2n) is 3.85. The predicted molar refractivity (Wildman–Crippen MR) is 66.2 cm³/mol. The Kier molecular flexibility index (Phi) is 8.06. The van der Waals surface area contributed by atoms with E-state index in [2.05, 4.69) is 21.2 Å². The SMILES string of the molecule is CCC(O)(CC)CNC(=O)CCCCBr. The first-order valence-electron chi connectivity index (χ1n) is 5.63. The van der Waals surface area contributed by atoms with Crippen molar-refractivity contribution in [2.75, 3.05) is 11.9 Å². The van der Waals surface area contributed by atoms with E-state index in [1.807, 2.05) is 13.8 Å². The Morgan fingerprint density at radius 3 is 2.40 bits per heavy atom. The molecule has 2 N–H and O–H groups in total. The number of carbonyl (C=O) groups is 1. The zero-order chi connectivity index (χ0) is 11.7. The van der Waals surface area contributed by atoms with Crippen LogP contribution in [0.3, 0.4) is 0 Å². The average Bonchev–Trinajstić information content (AvgIpc) is 2.26. The second kappa shape index (κ2) is 8.11. The van der Waals surface area contributed by atoms with E-state index in [9.17, 15) is 9.90 Å². The molecule has 0 atom stereocenters. The highest BCUT2D eigenvalue weighted by molar-refractivity contribution is 9.09. The molecule has 0 aliphatic rings. The lowest BCUT2D eigenvalue weighted by Gasteiger charge is -2.25. The standard InChI is InChI=1S/C11H22BrNO2/c1-3-11(15,4-2)9-13-10(14)7-5-6-8-12/h15H,3-9H2,1-2H3,(H,13,14). The van der Waals surface area contributed by atoms with Crippen LogP contribution in [0.2, 0.25) is 0 Å². The van der Waals surface area contributed by atoms with Crippen molar-refractivity contribution in [1.82, 2.24) is 5.32 Å². The monoisotopic (exact) mass is 279 g/mol. The fourth-order valence-corrected chi connectivity index (χ4v) is 1.63. The molecule has 0 bridgehead atoms. The zero-order valence-corrected chi connectivity index (χ0v) is 11.3. The Balaban J connectivity index is 3.69. The molecule has 3 nitrogen and oxygen atoms in total. The van der Waals surface area contributed by atoms with Crippen LogP contribution in [0.5, 0.6) is 0 Å². The molecule has 0 aromatic heterocycles. The fourth-order valence-electron chi connectivity index (χ4n) is 1.23.